The van der Waals surface area contributed by atoms with Crippen LogP contribution < -0.4 is 10.1 Å². The molecule has 0 aliphatic heterocycles. The first-order valence-electron chi connectivity index (χ1n) is 7.42. The second-order valence-corrected chi connectivity index (χ2v) is 5.90. The van der Waals surface area contributed by atoms with Crippen molar-refractivity contribution >= 4 is 23.6 Å². The Morgan fingerprint density at radius 1 is 1.43 bits per heavy atom. The molecule has 2 N–H and O–H groups in total. The molecule has 1 rings (SSSR count). The molecular formula is C16H23ClN2O4. The zero-order valence-corrected chi connectivity index (χ0v) is 14.4. The minimum absolute atomic E-state index is 0.168. The Kier molecular flexibility index (Phi) is 7.68. The maximum atomic E-state index is 11.8. The topological polar surface area (TPSA) is 78.9 Å². The number of carboxylic acid groups (broad SMARTS) is 1. The number of carbonyl (C=O) groups excluding carboxylic acids is 1. The summed E-state index contributed by atoms with van der Waals surface area (Å²) in [5.74, 6) is -0.744. The van der Waals surface area contributed by atoms with E-state index in [1.807, 2.05) is 19.1 Å². The molecular weight excluding hydrogens is 320 g/mol. The minimum atomic E-state index is -0.920. The molecule has 23 heavy (non-hydrogen) atoms. The number of urea groups is 1. The lowest BCUT2D eigenvalue weighted by Gasteiger charge is -2.20. The van der Waals surface area contributed by atoms with Crippen LogP contribution in [0.1, 0.15) is 18.9 Å². The van der Waals surface area contributed by atoms with Crippen LogP contribution in [0.3, 0.4) is 0 Å². The summed E-state index contributed by atoms with van der Waals surface area (Å²) in [7, 11) is 1.57. The van der Waals surface area contributed by atoms with Crippen molar-refractivity contribution in [3.63, 3.8) is 0 Å². The van der Waals surface area contributed by atoms with E-state index in [4.69, 9.17) is 21.4 Å². The van der Waals surface area contributed by atoms with E-state index in [9.17, 15) is 9.59 Å². The van der Waals surface area contributed by atoms with Gasteiger partial charge in [0.25, 0.3) is 0 Å². The lowest BCUT2D eigenvalue weighted by atomic mass is 10.2. The van der Waals surface area contributed by atoms with Gasteiger partial charge >= 0.3 is 12.0 Å². The second-order valence-electron chi connectivity index (χ2n) is 5.46. The fraction of sp³-hybridized carbons (Fsp3) is 0.500. The van der Waals surface area contributed by atoms with Crippen LogP contribution in [0, 0.1) is 12.8 Å². The van der Waals surface area contributed by atoms with E-state index in [-0.39, 0.29) is 12.6 Å². The van der Waals surface area contributed by atoms with Gasteiger partial charge in [0.05, 0.1) is 12.5 Å². The molecule has 0 aromatic heterocycles. The number of nitrogens with zero attached hydrogens (tertiary/aromatic N) is 1. The number of hydrogen-bond acceptors (Lipinski definition) is 3. The summed E-state index contributed by atoms with van der Waals surface area (Å²) in [4.78, 5) is 23.9. The zero-order chi connectivity index (χ0) is 17.4. The monoisotopic (exact) mass is 342 g/mol. The fourth-order valence-corrected chi connectivity index (χ4v) is 2.16. The molecule has 0 heterocycles. The van der Waals surface area contributed by atoms with E-state index in [0.717, 1.165) is 11.3 Å². The molecule has 0 spiro atoms. The summed E-state index contributed by atoms with van der Waals surface area (Å²) in [6.45, 7) is 4.58. The van der Waals surface area contributed by atoms with E-state index < -0.39 is 11.9 Å². The highest BCUT2D eigenvalue weighted by Gasteiger charge is 2.16. The van der Waals surface area contributed by atoms with Crippen molar-refractivity contribution in [2.45, 2.75) is 20.3 Å². The van der Waals surface area contributed by atoms with Gasteiger partial charge in [0.15, 0.2) is 0 Å². The maximum absolute atomic E-state index is 11.8. The second kappa shape index (κ2) is 9.25. The van der Waals surface area contributed by atoms with Crippen LogP contribution in [-0.4, -0.2) is 48.8 Å². The predicted molar refractivity (Wildman–Crippen MR) is 89.1 cm³/mol. The molecule has 0 radical (unpaired) electrons. The smallest absolute Gasteiger partial charge is 0.317 e. The lowest BCUT2D eigenvalue weighted by Crippen LogP contribution is -2.41. The van der Waals surface area contributed by atoms with E-state index in [0.29, 0.717) is 24.6 Å². The van der Waals surface area contributed by atoms with E-state index in [1.165, 1.54) is 4.90 Å². The number of halogens is 1. The van der Waals surface area contributed by atoms with E-state index >= 15 is 0 Å². The van der Waals surface area contributed by atoms with Crippen LogP contribution in [-0.2, 0) is 4.79 Å². The van der Waals surface area contributed by atoms with Gasteiger partial charge in [-0.05, 0) is 37.1 Å². The number of ether oxygens (including phenoxy) is 1. The van der Waals surface area contributed by atoms with Crippen molar-refractivity contribution in [2.24, 2.45) is 5.92 Å². The maximum Gasteiger partial charge on any atom is 0.317 e. The van der Waals surface area contributed by atoms with Crippen molar-refractivity contribution in [3.8, 4) is 5.75 Å². The van der Waals surface area contributed by atoms with Gasteiger partial charge < -0.3 is 20.1 Å². The van der Waals surface area contributed by atoms with Gasteiger partial charge in [0, 0.05) is 25.2 Å². The van der Waals surface area contributed by atoms with Gasteiger partial charge in [0.2, 0.25) is 0 Å². The third-order valence-electron chi connectivity index (χ3n) is 3.31. The van der Waals surface area contributed by atoms with Crippen molar-refractivity contribution in [3.05, 3.63) is 28.8 Å². The van der Waals surface area contributed by atoms with Crippen molar-refractivity contribution in [1.29, 1.82) is 0 Å². The van der Waals surface area contributed by atoms with Crippen LogP contribution in [0.5, 0.6) is 5.75 Å². The zero-order valence-electron chi connectivity index (χ0n) is 13.6. The third kappa shape index (κ3) is 6.78. The van der Waals surface area contributed by atoms with Gasteiger partial charge in [-0.1, -0.05) is 18.5 Å². The highest BCUT2D eigenvalue weighted by atomic mass is 35.5. The molecule has 2 amide bonds. The van der Waals surface area contributed by atoms with Gasteiger partial charge in [-0.15, -0.1) is 0 Å². The first-order chi connectivity index (χ1) is 10.8. The quantitative estimate of drug-likeness (QED) is 0.712. The van der Waals surface area contributed by atoms with Gasteiger partial charge in [0.1, 0.15) is 5.75 Å². The number of aryl methyl sites for hydroxylation is 1. The molecule has 1 unspecified atom stereocenters. The molecule has 1 aromatic rings. The highest BCUT2D eigenvalue weighted by molar-refractivity contribution is 6.30. The van der Waals surface area contributed by atoms with Crippen LogP contribution in [0.2, 0.25) is 5.02 Å². The van der Waals surface area contributed by atoms with Crippen LogP contribution in [0.4, 0.5) is 4.79 Å². The Labute approximate surface area is 141 Å². The van der Waals surface area contributed by atoms with Crippen LogP contribution in [0.25, 0.3) is 0 Å². The Morgan fingerprint density at radius 2 is 2.13 bits per heavy atom. The van der Waals surface area contributed by atoms with Crippen molar-refractivity contribution in [2.75, 3.05) is 26.7 Å². The number of hydrogen-bond donors (Lipinski definition) is 2. The molecule has 0 bridgehead atoms. The molecule has 7 heteroatoms. The number of rotatable bonds is 8. The van der Waals surface area contributed by atoms with Crippen molar-refractivity contribution in [1.82, 2.24) is 10.2 Å². The minimum Gasteiger partial charge on any atom is -0.493 e. The average molecular weight is 343 g/mol. The summed E-state index contributed by atoms with van der Waals surface area (Å²) < 4.78 is 5.63. The van der Waals surface area contributed by atoms with Gasteiger partial charge in [-0.25, -0.2) is 4.79 Å². The van der Waals surface area contributed by atoms with E-state index in [2.05, 4.69) is 5.32 Å². The summed E-state index contributed by atoms with van der Waals surface area (Å²) >= 11 is 5.88. The van der Waals surface area contributed by atoms with Gasteiger partial charge in [-0.2, -0.15) is 0 Å². The highest BCUT2D eigenvalue weighted by Crippen LogP contribution is 2.21. The Morgan fingerprint density at radius 3 is 2.74 bits per heavy atom. The van der Waals surface area contributed by atoms with E-state index in [1.54, 1.807) is 20.0 Å². The largest absolute Gasteiger partial charge is 0.493 e. The number of carboxylic acids is 1. The number of nitrogens with one attached hydrogen (secondary N) is 1. The SMILES string of the molecule is Cc1cc(Cl)ccc1OCCCNC(=O)N(C)CC(C)C(=O)O. The van der Waals surface area contributed by atoms with Crippen LogP contribution in [0.15, 0.2) is 18.2 Å². The Balaban J connectivity index is 2.24. The molecule has 1 atom stereocenters. The number of aliphatic carboxylic acids is 1. The lowest BCUT2D eigenvalue weighted by molar-refractivity contribution is -0.141. The molecule has 0 aliphatic carbocycles. The number of carbonyl (C=O) groups is 2. The molecule has 128 valence electrons. The Hall–Kier alpha value is -1.95. The third-order valence-corrected chi connectivity index (χ3v) is 3.54. The molecule has 0 aliphatic rings. The average Bonchev–Trinajstić information content (AvgIpc) is 2.48. The summed E-state index contributed by atoms with van der Waals surface area (Å²) in [6.07, 6.45) is 0.649. The molecule has 1 aromatic carbocycles. The predicted octanol–water partition coefficient (Wildman–Crippen LogP) is 2.78. The van der Waals surface area contributed by atoms with Gasteiger partial charge in [-0.3, -0.25) is 4.79 Å². The van der Waals surface area contributed by atoms with Crippen LogP contribution >= 0.6 is 11.6 Å². The molecule has 0 saturated heterocycles. The molecule has 0 fully saturated rings. The number of amides is 2. The van der Waals surface area contributed by atoms with Crippen molar-refractivity contribution < 1.29 is 19.4 Å². The molecule has 0 saturated carbocycles. The summed E-state index contributed by atoms with van der Waals surface area (Å²) in [5, 5.41) is 12.2. The number of benzene rings is 1. The summed E-state index contributed by atoms with van der Waals surface area (Å²) in [5.41, 5.74) is 0.962. The standard InChI is InChI=1S/C16H23ClN2O4/c1-11-9-13(17)5-6-14(11)23-8-4-7-18-16(22)19(3)10-12(2)15(20)21/h5-6,9,12H,4,7-8,10H2,1-3H3,(H,18,22)(H,20,21). The first-order valence-corrected chi connectivity index (χ1v) is 7.79. The molecule has 6 nitrogen and oxygen atoms in total. The fourth-order valence-electron chi connectivity index (χ4n) is 1.93. The first kappa shape index (κ1) is 19.1. The normalized spacial score (nSPS) is 11.7. The Bertz CT molecular complexity index is 551. The summed E-state index contributed by atoms with van der Waals surface area (Å²) in [6, 6.07) is 5.12.